The van der Waals surface area contributed by atoms with Gasteiger partial charge in [-0.1, -0.05) is 6.07 Å². The topological polar surface area (TPSA) is 115 Å². The van der Waals surface area contributed by atoms with E-state index in [-0.39, 0.29) is 23.6 Å². The zero-order valence-corrected chi connectivity index (χ0v) is 17.2. The first-order valence-electron chi connectivity index (χ1n) is 8.78. The number of aliphatic imine (C=N–C) groups is 1. The summed E-state index contributed by atoms with van der Waals surface area (Å²) in [6, 6.07) is 4.47. The SMILES string of the molecule is CC1(C)OCC(N)=N[C@](C)(c2cc(-c3cncc(S(=O)(=O)O)c3)ccc2F)C1(F)F. The molecular weight excluding hydrogens is 423 g/mol. The van der Waals surface area contributed by atoms with Crippen molar-refractivity contribution in [3.8, 4) is 11.1 Å². The van der Waals surface area contributed by atoms with Gasteiger partial charge >= 0.3 is 5.92 Å². The maximum absolute atomic E-state index is 15.5. The third kappa shape index (κ3) is 3.57. The third-order valence-electron chi connectivity index (χ3n) is 5.15. The van der Waals surface area contributed by atoms with Crippen LogP contribution in [0, 0.1) is 5.82 Å². The number of benzene rings is 1. The Morgan fingerprint density at radius 1 is 1.13 bits per heavy atom. The van der Waals surface area contributed by atoms with Crippen LogP contribution < -0.4 is 5.73 Å². The first-order valence-corrected chi connectivity index (χ1v) is 10.2. The van der Waals surface area contributed by atoms with E-state index in [0.717, 1.165) is 31.3 Å². The van der Waals surface area contributed by atoms with E-state index in [1.165, 1.54) is 26.1 Å². The molecule has 0 amide bonds. The Balaban J connectivity index is 2.24. The summed E-state index contributed by atoms with van der Waals surface area (Å²) in [7, 11) is -4.54. The number of aromatic nitrogens is 1. The quantitative estimate of drug-likeness (QED) is 0.705. The minimum absolute atomic E-state index is 0.166. The van der Waals surface area contributed by atoms with Gasteiger partial charge in [0.15, 0.2) is 5.54 Å². The molecule has 3 N–H and O–H groups in total. The van der Waals surface area contributed by atoms with E-state index in [1.54, 1.807) is 0 Å². The summed E-state index contributed by atoms with van der Waals surface area (Å²) in [6.45, 7) is 3.05. The van der Waals surface area contributed by atoms with Crippen LogP contribution >= 0.6 is 0 Å². The summed E-state index contributed by atoms with van der Waals surface area (Å²) in [5.41, 5.74) is 1.20. The van der Waals surface area contributed by atoms with Crippen LogP contribution in [0.3, 0.4) is 0 Å². The van der Waals surface area contributed by atoms with Gasteiger partial charge in [-0.3, -0.25) is 14.5 Å². The number of nitrogens with zero attached hydrogens (tertiary/aromatic N) is 2. The van der Waals surface area contributed by atoms with Gasteiger partial charge < -0.3 is 10.5 Å². The lowest BCUT2D eigenvalue weighted by Gasteiger charge is -2.42. The van der Waals surface area contributed by atoms with Gasteiger partial charge in [-0.05, 0) is 44.5 Å². The van der Waals surface area contributed by atoms with E-state index < -0.39 is 43.5 Å². The molecule has 162 valence electrons. The highest BCUT2D eigenvalue weighted by Crippen LogP contribution is 2.51. The Hall–Kier alpha value is -2.50. The maximum atomic E-state index is 15.5. The molecule has 30 heavy (non-hydrogen) atoms. The lowest BCUT2D eigenvalue weighted by atomic mass is 9.77. The van der Waals surface area contributed by atoms with E-state index in [9.17, 15) is 17.4 Å². The van der Waals surface area contributed by atoms with Crippen molar-refractivity contribution in [3.63, 3.8) is 0 Å². The lowest BCUT2D eigenvalue weighted by molar-refractivity contribution is -0.214. The Labute approximate surface area is 171 Å². The molecule has 2 heterocycles. The van der Waals surface area contributed by atoms with E-state index in [4.69, 9.17) is 10.5 Å². The van der Waals surface area contributed by atoms with Gasteiger partial charge in [0.05, 0.1) is 0 Å². The molecule has 0 bridgehead atoms. The van der Waals surface area contributed by atoms with Crippen LogP contribution in [0.2, 0.25) is 0 Å². The fraction of sp³-hybridized carbons (Fsp3) is 0.368. The molecule has 3 rings (SSSR count). The number of hydrogen-bond acceptors (Lipinski definition) is 6. The first kappa shape index (κ1) is 22.2. The van der Waals surface area contributed by atoms with E-state index in [0.29, 0.717) is 0 Å². The number of pyridine rings is 1. The van der Waals surface area contributed by atoms with E-state index in [2.05, 4.69) is 9.98 Å². The summed E-state index contributed by atoms with van der Waals surface area (Å²) in [5.74, 6) is -4.84. The average molecular weight is 443 g/mol. The fourth-order valence-corrected chi connectivity index (χ4v) is 3.82. The molecule has 1 aliphatic heterocycles. The number of hydrogen-bond donors (Lipinski definition) is 2. The molecule has 0 saturated carbocycles. The predicted octanol–water partition coefficient (Wildman–Crippen LogP) is 3.15. The van der Waals surface area contributed by atoms with Gasteiger partial charge in [0, 0.05) is 23.5 Å². The molecule has 0 aliphatic carbocycles. The van der Waals surface area contributed by atoms with Crippen LogP contribution in [0.25, 0.3) is 11.1 Å². The largest absolute Gasteiger partial charge is 0.385 e. The van der Waals surface area contributed by atoms with Crippen molar-refractivity contribution in [1.29, 1.82) is 0 Å². The second-order valence-electron chi connectivity index (χ2n) is 7.63. The van der Waals surface area contributed by atoms with Crippen LogP contribution in [-0.2, 0) is 20.4 Å². The highest BCUT2D eigenvalue weighted by Gasteiger charge is 2.63. The molecule has 0 fully saturated rings. The van der Waals surface area contributed by atoms with Crippen molar-refractivity contribution in [1.82, 2.24) is 4.98 Å². The van der Waals surface area contributed by atoms with Crippen molar-refractivity contribution in [2.24, 2.45) is 10.7 Å². The number of nitrogens with two attached hydrogens (primary N) is 1. The molecule has 1 aromatic carbocycles. The van der Waals surface area contributed by atoms with E-state index >= 15 is 8.78 Å². The van der Waals surface area contributed by atoms with Crippen LogP contribution in [-0.4, -0.2) is 41.9 Å². The maximum Gasteiger partial charge on any atom is 0.304 e. The first-order chi connectivity index (χ1) is 13.7. The summed E-state index contributed by atoms with van der Waals surface area (Å²) < 4.78 is 83.0. The summed E-state index contributed by atoms with van der Waals surface area (Å²) in [4.78, 5) is 7.15. The van der Waals surface area contributed by atoms with Gasteiger partial charge in [0.25, 0.3) is 10.1 Å². The molecule has 1 atom stereocenters. The minimum atomic E-state index is -4.54. The smallest absolute Gasteiger partial charge is 0.304 e. The zero-order chi connectivity index (χ0) is 22.5. The molecular formula is C19H20F3N3O4S. The van der Waals surface area contributed by atoms with Gasteiger partial charge in [0.2, 0.25) is 0 Å². The van der Waals surface area contributed by atoms with Crippen molar-refractivity contribution in [2.45, 2.75) is 42.7 Å². The molecule has 7 nitrogen and oxygen atoms in total. The second-order valence-corrected chi connectivity index (χ2v) is 9.05. The van der Waals surface area contributed by atoms with Crippen molar-refractivity contribution >= 4 is 16.0 Å². The van der Waals surface area contributed by atoms with Gasteiger partial charge in [-0.15, -0.1) is 0 Å². The number of rotatable bonds is 3. The monoisotopic (exact) mass is 443 g/mol. The van der Waals surface area contributed by atoms with E-state index in [1.807, 2.05) is 0 Å². The highest BCUT2D eigenvalue weighted by molar-refractivity contribution is 7.85. The average Bonchev–Trinajstić information content (AvgIpc) is 2.71. The third-order valence-corrected chi connectivity index (χ3v) is 5.97. The Morgan fingerprint density at radius 3 is 2.43 bits per heavy atom. The molecule has 1 aliphatic rings. The summed E-state index contributed by atoms with van der Waals surface area (Å²) in [5, 5.41) is 0. The van der Waals surface area contributed by atoms with Gasteiger partial charge in [0.1, 0.15) is 28.8 Å². The van der Waals surface area contributed by atoms with Gasteiger partial charge in [-0.2, -0.15) is 8.42 Å². The molecule has 0 saturated heterocycles. The van der Waals surface area contributed by atoms with Gasteiger partial charge in [-0.25, -0.2) is 13.2 Å². The molecule has 0 unspecified atom stereocenters. The minimum Gasteiger partial charge on any atom is -0.385 e. The Bertz CT molecular complexity index is 1140. The molecule has 2 aromatic rings. The number of alkyl halides is 2. The summed E-state index contributed by atoms with van der Waals surface area (Å²) >= 11 is 0. The number of ether oxygens (including phenoxy) is 1. The van der Waals surface area contributed by atoms with Crippen molar-refractivity contribution < 1.29 is 30.9 Å². The summed E-state index contributed by atoms with van der Waals surface area (Å²) in [6.07, 6.45) is 2.18. The predicted molar refractivity (Wildman–Crippen MR) is 103 cm³/mol. The number of amidine groups is 1. The normalized spacial score (nSPS) is 23.5. The molecule has 1 aromatic heterocycles. The van der Waals surface area contributed by atoms with Crippen molar-refractivity contribution in [3.05, 3.63) is 48.0 Å². The molecule has 0 radical (unpaired) electrons. The molecule has 0 spiro atoms. The van der Waals surface area contributed by atoms with Crippen LogP contribution in [0.15, 0.2) is 46.5 Å². The Kier molecular flexibility index (Phi) is 5.20. The highest BCUT2D eigenvalue weighted by atomic mass is 32.2. The van der Waals surface area contributed by atoms with Crippen LogP contribution in [0.5, 0.6) is 0 Å². The second kappa shape index (κ2) is 7.03. The Morgan fingerprint density at radius 2 is 1.80 bits per heavy atom. The van der Waals surface area contributed by atoms with Crippen LogP contribution in [0.4, 0.5) is 13.2 Å². The number of halogens is 3. The lowest BCUT2D eigenvalue weighted by Crippen LogP contribution is -2.56. The fourth-order valence-electron chi connectivity index (χ4n) is 3.35. The standard InChI is InChI=1S/C19H20F3N3O4S/c1-17(2)19(21,22)18(3,25-16(23)10-29-17)14-7-11(4-5-15(14)20)12-6-13(9-24-8-12)30(26,27)28/h4-9H,10H2,1-3H3,(H2,23,25)(H,26,27,28)/t18-/m1/s1. The zero-order valence-electron chi connectivity index (χ0n) is 16.4. The van der Waals surface area contributed by atoms with Crippen LogP contribution in [0.1, 0.15) is 26.3 Å². The molecule has 11 heteroatoms. The van der Waals surface area contributed by atoms with Crippen molar-refractivity contribution in [2.75, 3.05) is 6.61 Å².